The van der Waals surface area contributed by atoms with Gasteiger partial charge in [0, 0.05) is 11.4 Å². The van der Waals surface area contributed by atoms with Gasteiger partial charge in [0.1, 0.15) is 11.1 Å². The fraction of sp³-hybridized carbons (Fsp3) is 0.222. The van der Waals surface area contributed by atoms with E-state index in [1.165, 1.54) is 0 Å². The van der Waals surface area contributed by atoms with E-state index in [9.17, 15) is 9.59 Å². The Morgan fingerprint density at radius 3 is 2.73 bits per heavy atom. The maximum Gasteiger partial charge on any atom is 0.349 e. The van der Waals surface area contributed by atoms with Crippen molar-refractivity contribution in [1.82, 2.24) is 5.32 Å². The molecule has 4 nitrogen and oxygen atoms in total. The number of rotatable bonds is 3. The number of hydrogen-bond donors (Lipinski definition) is 1. The molecule has 112 valence electrons. The zero-order chi connectivity index (χ0) is 15.7. The van der Waals surface area contributed by atoms with Gasteiger partial charge in [-0.05, 0) is 36.2 Å². The van der Waals surface area contributed by atoms with Crippen molar-refractivity contribution < 1.29 is 9.21 Å². The highest BCUT2D eigenvalue weighted by Gasteiger charge is 2.16. The summed E-state index contributed by atoms with van der Waals surface area (Å²) in [5.41, 5.74) is -0.0727. The Bertz CT molecular complexity index is 911. The number of benzene rings is 2. The minimum absolute atomic E-state index is 0.00937. The Morgan fingerprint density at radius 1 is 1.18 bits per heavy atom. The first-order valence-electron chi connectivity index (χ1n) is 7.36. The normalized spacial score (nSPS) is 12.5. The Kier molecular flexibility index (Phi) is 3.67. The van der Waals surface area contributed by atoms with Gasteiger partial charge in [0.25, 0.3) is 5.91 Å². The molecule has 22 heavy (non-hydrogen) atoms. The summed E-state index contributed by atoms with van der Waals surface area (Å²) in [6.07, 6.45) is 0.799. The smallest absolute Gasteiger partial charge is 0.349 e. The third-order valence-electron chi connectivity index (χ3n) is 3.88. The second-order valence-electron chi connectivity index (χ2n) is 5.43. The molecule has 1 amide bonds. The highest BCUT2D eigenvalue weighted by atomic mass is 16.4. The molecule has 1 aromatic heterocycles. The molecule has 3 aromatic rings. The Balaban J connectivity index is 2.19. The Hall–Kier alpha value is -2.62. The average Bonchev–Trinajstić information content (AvgIpc) is 2.53. The van der Waals surface area contributed by atoms with Gasteiger partial charge in [-0.2, -0.15) is 0 Å². The lowest BCUT2D eigenvalue weighted by atomic mass is 10.0. The zero-order valence-electron chi connectivity index (χ0n) is 12.6. The molecule has 0 bridgehead atoms. The van der Waals surface area contributed by atoms with E-state index in [0.29, 0.717) is 5.58 Å². The van der Waals surface area contributed by atoms with Crippen LogP contribution in [0.15, 0.2) is 51.7 Å². The quantitative estimate of drug-likeness (QED) is 0.594. The fourth-order valence-electron chi connectivity index (χ4n) is 2.43. The molecule has 1 heterocycles. The van der Waals surface area contributed by atoms with Crippen molar-refractivity contribution in [3.05, 3.63) is 58.4 Å². The molecule has 0 spiro atoms. The first-order chi connectivity index (χ1) is 10.6. The third kappa shape index (κ3) is 2.48. The summed E-state index contributed by atoms with van der Waals surface area (Å²) in [6.45, 7) is 3.87. The van der Waals surface area contributed by atoms with Gasteiger partial charge in [0.2, 0.25) is 0 Å². The van der Waals surface area contributed by atoms with Crippen molar-refractivity contribution in [3.63, 3.8) is 0 Å². The lowest BCUT2D eigenvalue weighted by Gasteiger charge is -2.11. The molecule has 0 saturated heterocycles. The van der Waals surface area contributed by atoms with Crippen LogP contribution in [0.2, 0.25) is 0 Å². The van der Waals surface area contributed by atoms with E-state index < -0.39 is 11.5 Å². The van der Waals surface area contributed by atoms with E-state index in [4.69, 9.17) is 4.42 Å². The molecule has 4 heteroatoms. The van der Waals surface area contributed by atoms with Crippen LogP contribution in [-0.4, -0.2) is 11.9 Å². The van der Waals surface area contributed by atoms with Gasteiger partial charge >= 0.3 is 5.63 Å². The van der Waals surface area contributed by atoms with E-state index in [0.717, 1.165) is 22.6 Å². The molecular formula is C18H17NO3. The van der Waals surface area contributed by atoms with Gasteiger partial charge in [0.15, 0.2) is 0 Å². The molecule has 0 aliphatic carbocycles. The van der Waals surface area contributed by atoms with Crippen LogP contribution in [0, 0.1) is 0 Å². The van der Waals surface area contributed by atoms with E-state index in [-0.39, 0.29) is 11.6 Å². The first-order valence-corrected chi connectivity index (χ1v) is 7.36. The first kappa shape index (κ1) is 14.3. The number of carbonyl (C=O) groups excluding carboxylic acids is 1. The molecule has 0 aliphatic heterocycles. The van der Waals surface area contributed by atoms with Crippen molar-refractivity contribution in [1.29, 1.82) is 0 Å². The second kappa shape index (κ2) is 5.64. The summed E-state index contributed by atoms with van der Waals surface area (Å²) in [5.74, 6) is -0.391. The minimum atomic E-state index is -0.608. The monoisotopic (exact) mass is 295 g/mol. The van der Waals surface area contributed by atoms with Gasteiger partial charge in [-0.1, -0.05) is 37.3 Å². The average molecular weight is 295 g/mol. The number of nitrogens with one attached hydrogen (secondary N) is 1. The summed E-state index contributed by atoms with van der Waals surface area (Å²) in [4.78, 5) is 24.3. The SMILES string of the molecule is CC[C@@H](C)NC(=O)c1cc2c(ccc3ccccc32)oc1=O. The standard InChI is InChI=1S/C18H17NO3/c1-3-11(2)19-17(20)15-10-14-13-7-5-4-6-12(13)8-9-16(14)22-18(15)21/h4-11H,3H2,1-2H3,(H,19,20)/t11-/m1/s1. The van der Waals surface area contributed by atoms with Crippen LogP contribution in [0.4, 0.5) is 0 Å². The summed E-state index contributed by atoms with van der Waals surface area (Å²) in [5, 5.41) is 5.57. The molecule has 0 fully saturated rings. The maximum atomic E-state index is 12.2. The van der Waals surface area contributed by atoms with E-state index >= 15 is 0 Å². The molecule has 0 unspecified atom stereocenters. The van der Waals surface area contributed by atoms with Crippen molar-refractivity contribution in [3.8, 4) is 0 Å². The molecule has 2 aromatic carbocycles. The third-order valence-corrected chi connectivity index (χ3v) is 3.88. The fourth-order valence-corrected chi connectivity index (χ4v) is 2.43. The topological polar surface area (TPSA) is 59.3 Å². The zero-order valence-corrected chi connectivity index (χ0v) is 12.6. The van der Waals surface area contributed by atoms with Crippen LogP contribution >= 0.6 is 0 Å². The molecule has 0 radical (unpaired) electrons. The molecule has 1 N–H and O–H groups in total. The predicted octanol–water partition coefficient (Wildman–Crippen LogP) is 3.47. The van der Waals surface area contributed by atoms with E-state index in [2.05, 4.69) is 5.32 Å². The van der Waals surface area contributed by atoms with Crippen LogP contribution in [0.3, 0.4) is 0 Å². The summed E-state index contributed by atoms with van der Waals surface area (Å²) >= 11 is 0. The van der Waals surface area contributed by atoms with E-state index in [1.54, 1.807) is 12.1 Å². The van der Waals surface area contributed by atoms with Crippen LogP contribution in [-0.2, 0) is 0 Å². The molecule has 0 saturated carbocycles. The van der Waals surface area contributed by atoms with Gasteiger partial charge < -0.3 is 9.73 Å². The van der Waals surface area contributed by atoms with Crippen LogP contribution < -0.4 is 10.9 Å². The molecular weight excluding hydrogens is 278 g/mol. The summed E-state index contributed by atoms with van der Waals surface area (Å²) in [7, 11) is 0. The summed E-state index contributed by atoms with van der Waals surface area (Å²) in [6, 6.07) is 13.1. The van der Waals surface area contributed by atoms with Gasteiger partial charge in [-0.15, -0.1) is 0 Å². The Morgan fingerprint density at radius 2 is 1.95 bits per heavy atom. The van der Waals surface area contributed by atoms with Crippen LogP contribution in [0.5, 0.6) is 0 Å². The Labute approximate surface area is 127 Å². The van der Waals surface area contributed by atoms with Crippen molar-refractivity contribution in [2.24, 2.45) is 0 Å². The van der Waals surface area contributed by atoms with Crippen LogP contribution in [0.1, 0.15) is 30.6 Å². The number of fused-ring (bicyclic) bond motifs is 3. The highest BCUT2D eigenvalue weighted by molar-refractivity contribution is 6.07. The highest BCUT2D eigenvalue weighted by Crippen LogP contribution is 2.24. The maximum absolute atomic E-state index is 12.2. The van der Waals surface area contributed by atoms with Gasteiger partial charge in [0.05, 0.1) is 0 Å². The number of carbonyl (C=O) groups is 1. The van der Waals surface area contributed by atoms with Crippen LogP contribution in [0.25, 0.3) is 21.7 Å². The van der Waals surface area contributed by atoms with Crippen molar-refractivity contribution >= 4 is 27.6 Å². The predicted molar refractivity (Wildman–Crippen MR) is 87.2 cm³/mol. The summed E-state index contributed by atoms with van der Waals surface area (Å²) < 4.78 is 5.32. The largest absolute Gasteiger partial charge is 0.422 e. The van der Waals surface area contributed by atoms with Gasteiger partial charge in [-0.3, -0.25) is 4.79 Å². The molecule has 3 rings (SSSR count). The number of amides is 1. The minimum Gasteiger partial charge on any atom is -0.422 e. The van der Waals surface area contributed by atoms with E-state index in [1.807, 2.05) is 44.2 Å². The van der Waals surface area contributed by atoms with Gasteiger partial charge in [-0.25, -0.2) is 4.79 Å². The molecule has 0 aliphatic rings. The lowest BCUT2D eigenvalue weighted by molar-refractivity contribution is 0.0936. The molecule has 1 atom stereocenters. The van der Waals surface area contributed by atoms with Crippen molar-refractivity contribution in [2.45, 2.75) is 26.3 Å². The second-order valence-corrected chi connectivity index (χ2v) is 5.43. The lowest BCUT2D eigenvalue weighted by Crippen LogP contribution is -2.34. The number of hydrogen-bond acceptors (Lipinski definition) is 3. The van der Waals surface area contributed by atoms with Crippen molar-refractivity contribution in [2.75, 3.05) is 0 Å².